The molecular formula is C10H13ClN2O2. The van der Waals surface area contributed by atoms with E-state index in [1.54, 1.807) is 12.4 Å². The minimum absolute atomic E-state index is 0.192. The molecule has 0 bridgehead atoms. The number of aliphatic carboxylic acids is 1. The first-order valence-corrected chi connectivity index (χ1v) is 5.09. The molecule has 15 heavy (non-hydrogen) atoms. The van der Waals surface area contributed by atoms with E-state index in [0.717, 1.165) is 5.56 Å². The van der Waals surface area contributed by atoms with Gasteiger partial charge in [-0.3, -0.25) is 9.78 Å². The summed E-state index contributed by atoms with van der Waals surface area (Å²) in [6.07, 6.45) is 4.09. The number of nitrogens with one attached hydrogen (secondary N) is 1. The third-order valence-corrected chi connectivity index (χ3v) is 2.26. The van der Waals surface area contributed by atoms with Crippen LogP contribution in [0, 0.1) is 0 Å². The quantitative estimate of drug-likeness (QED) is 0.728. The van der Waals surface area contributed by atoms with Crippen LogP contribution >= 0.6 is 11.6 Å². The number of nitrogens with zero attached hydrogens (tertiary/aromatic N) is 1. The topological polar surface area (TPSA) is 62.2 Å². The summed E-state index contributed by atoms with van der Waals surface area (Å²) >= 11 is 5.89. The fourth-order valence-corrected chi connectivity index (χ4v) is 1.32. The molecule has 0 aliphatic rings. The third-order valence-electron chi connectivity index (χ3n) is 1.92. The molecule has 0 aliphatic heterocycles. The van der Waals surface area contributed by atoms with Gasteiger partial charge in [-0.25, -0.2) is 0 Å². The normalized spacial score (nSPS) is 10.2. The molecule has 82 valence electrons. The highest BCUT2D eigenvalue weighted by Crippen LogP contribution is 2.12. The van der Waals surface area contributed by atoms with E-state index in [4.69, 9.17) is 16.7 Å². The molecule has 0 unspecified atom stereocenters. The highest BCUT2D eigenvalue weighted by atomic mass is 35.5. The van der Waals surface area contributed by atoms with E-state index in [-0.39, 0.29) is 6.42 Å². The smallest absolute Gasteiger partial charge is 0.303 e. The first-order chi connectivity index (χ1) is 7.20. The second-order valence-corrected chi connectivity index (χ2v) is 3.55. The molecule has 0 aliphatic carbocycles. The minimum Gasteiger partial charge on any atom is -0.481 e. The molecule has 0 fully saturated rings. The van der Waals surface area contributed by atoms with E-state index in [0.29, 0.717) is 24.5 Å². The lowest BCUT2D eigenvalue weighted by Crippen LogP contribution is -2.16. The van der Waals surface area contributed by atoms with Gasteiger partial charge in [0.15, 0.2) is 0 Å². The van der Waals surface area contributed by atoms with Gasteiger partial charge in [0.1, 0.15) is 0 Å². The minimum atomic E-state index is -0.765. The molecule has 0 aromatic carbocycles. The Morgan fingerprint density at radius 2 is 2.40 bits per heavy atom. The van der Waals surface area contributed by atoms with Crippen molar-refractivity contribution in [2.45, 2.75) is 19.4 Å². The predicted molar refractivity (Wildman–Crippen MR) is 57.8 cm³/mol. The largest absolute Gasteiger partial charge is 0.481 e. The zero-order chi connectivity index (χ0) is 11.1. The molecule has 1 aromatic heterocycles. The number of pyridine rings is 1. The summed E-state index contributed by atoms with van der Waals surface area (Å²) in [6, 6.07) is 1.84. The maximum absolute atomic E-state index is 10.2. The third kappa shape index (κ3) is 4.76. The number of carbonyl (C=O) groups is 1. The number of hydrogen-bond acceptors (Lipinski definition) is 3. The van der Waals surface area contributed by atoms with Crippen LogP contribution in [-0.4, -0.2) is 22.6 Å². The van der Waals surface area contributed by atoms with Gasteiger partial charge in [0.25, 0.3) is 0 Å². The van der Waals surface area contributed by atoms with Gasteiger partial charge in [-0.2, -0.15) is 0 Å². The van der Waals surface area contributed by atoms with Crippen LogP contribution in [0.3, 0.4) is 0 Å². The van der Waals surface area contributed by atoms with Crippen LogP contribution in [-0.2, 0) is 11.3 Å². The first-order valence-electron chi connectivity index (χ1n) is 4.71. The van der Waals surface area contributed by atoms with Gasteiger partial charge >= 0.3 is 5.97 Å². The van der Waals surface area contributed by atoms with Crippen LogP contribution in [0.5, 0.6) is 0 Å². The lowest BCUT2D eigenvalue weighted by molar-refractivity contribution is -0.137. The number of carboxylic acid groups (broad SMARTS) is 1. The Bertz CT molecular complexity index is 331. The molecule has 2 N–H and O–H groups in total. The van der Waals surface area contributed by atoms with E-state index < -0.39 is 5.97 Å². The average molecular weight is 229 g/mol. The summed E-state index contributed by atoms with van der Waals surface area (Å²) in [5, 5.41) is 12.2. The van der Waals surface area contributed by atoms with Crippen LogP contribution in [0.1, 0.15) is 18.4 Å². The molecule has 0 radical (unpaired) electrons. The van der Waals surface area contributed by atoms with Gasteiger partial charge in [0.05, 0.1) is 5.02 Å². The van der Waals surface area contributed by atoms with E-state index in [9.17, 15) is 4.79 Å². The summed E-state index contributed by atoms with van der Waals surface area (Å²) < 4.78 is 0. The lowest BCUT2D eigenvalue weighted by atomic mass is 10.2. The summed E-state index contributed by atoms with van der Waals surface area (Å²) in [5.74, 6) is -0.765. The Morgan fingerprint density at radius 3 is 3.07 bits per heavy atom. The second-order valence-electron chi connectivity index (χ2n) is 3.14. The standard InChI is InChI=1S/C10H13ClN2O2/c11-9-7-13-5-3-8(9)6-12-4-1-2-10(14)15/h3,5,7,12H,1-2,4,6H2,(H,14,15). The molecule has 1 aromatic rings. The molecule has 0 atom stereocenters. The number of aromatic nitrogens is 1. The van der Waals surface area contributed by atoms with Crippen molar-refractivity contribution in [3.63, 3.8) is 0 Å². The SMILES string of the molecule is O=C(O)CCCNCc1ccncc1Cl. The van der Waals surface area contributed by atoms with Crippen LogP contribution in [0.4, 0.5) is 0 Å². The molecule has 5 heteroatoms. The van der Waals surface area contributed by atoms with Crippen molar-refractivity contribution in [3.05, 3.63) is 29.0 Å². The van der Waals surface area contributed by atoms with Crippen molar-refractivity contribution in [2.24, 2.45) is 0 Å². The maximum atomic E-state index is 10.2. The number of halogens is 1. The van der Waals surface area contributed by atoms with Gasteiger partial charge in [-0.1, -0.05) is 11.6 Å². The Labute approximate surface area is 93.3 Å². The molecule has 0 amide bonds. The van der Waals surface area contributed by atoms with Crippen LogP contribution < -0.4 is 5.32 Å². The van der Waals surface area contributed by atoms with Crippen molar-refractivity contribution in [1.82, 2.24) is 10.3 Å². The highest BCUT2D eigenvalue weighted by Gasteiger charge is 1.99. The number of carboxylic acids is 1. The van der Waals surface area contributed by atoms with Crippen molar-refractivity contribution >= 4 is 17.6 Å². The fraction of sp³-hybridized carbons (Fsp3) is 0.400. The molecule has 1 rings (SSSR count). The van der Waals surface area contributed by atoms with Crippen molar-refractivity contribution < 1.29 is 9.90 Å². The van der Waals surface area contributed by atoms with Crippen molar-refractivity contribution in [2.75, 3.05) is 6.54 Å². The highest BCUT2D eigenvalue weighted by molar-refractivity contribution is 6.31. The Hall–Kier alpha value is -1.13. The van der Waals surface area contributed by atoms with Gasteiger partial charge in [-0.05, 0) is 24.6 Å². The zero-order valence-electron chi connectivity index (χ0n) is 8.24. The van der Waals surface area contributed by atoms with Crippen LogP contribution in [0.2, 0.25) is 5.02 Å². The lowest BCUT2D eigenvalue weighted by Gasteiger charge is -2.04. The molecule has 0 saturated carbocycles. The monoisotopic (exact) mass is 228 g/mol. The van der Waals surface area contributed by atoms with Crippen molar-refractivity contribution in [3.8, 4) is 0 Å². The van der Waals surface area contributed by atoms with E-state index >= 15 is 0 Å². The summed E-state index contributed by atoms with van der Waals surface area (Å²) in [6.45, 7) is 1.31. The molecule has 0 saturated heterocycles. The van der Waals surface area contributed by atoms with E-state index in [1.165, 1.54) is 0 Å². The van der Waals surface area contributed by atoms with Crippen LogP contribution in [0.15, 0.2) is 18.5 Å². The fourth-order valence-electron chi connectivity index (χ4n) is 1.14. The molecule has 4 nitrogen and oxygen atoms in total. The van der Waals surface area contributed by atoms with Gasteiger partial charge in [0, 0.05) is 25.4 Å². The first kappa shape index (κ1) is 11.9. The van der Waals surface area contributed by atoms with Crippen molar-refractivity contribution in [1.29, 1.82) is 0 Å². The van der Waals surface area contributed by atoms with E-state index in [1.807, 2.05) is 6.07 Å². The molecular weight excluding hydrogens is 216 g/mol. The Kier molecular flexibility index (Phi) is 5.07. The van der Waals surface area contributed by atoms with Gasteiger partial charge < -0.3 is 10.4 Å². The molecule has 1 heterocycles. The van der Waals surface area contributed by atoms with Crippen LogP contribution in [0.25, 0.3) is 0 Å². The van der Waals surface area contributed by atoms with Gasteiger partial charge in [-0.15, -0.1) is 0 Å². The number of hydrogen-bond donors (Lipinski definition) is 2. The summed E-state index contributed by atoms with van der Waals surface area (Å²) in [5.41, 5.74) is 0.974. The predicted octanol–water partition coefficient (Wildman–Crippen LogP) is 1.69. The maximum Gasteiger partial charge on any atom is 0.303 e. The second kappa shape index (κ2) is 6.37. The average Bonchev–Trinajstić information content (AvgIpc) is 2.20. The zero-order valence-corrected chi connectivity index (χ0v) is 9.00. The Morgan fingerprint density at radius 1 is 1.60 bits per heavy atom. The Balaban J connectivity index is 2.21. The van der Waals surface area contributed by atoms with Gasteiger partial charge in [0.2, 0.25) is 0 Å². The summed E-state index contributed by atoms with van der Waals surface area (Å²) in [7, 11) is 0. The molecule has 0 spiro atoms. The van der Waals surface area contributed by atoms with E-state index in [2.05, 4.69) is 10.3 Å². The number of rotatable bonds is 6. The summed E-state index contributed by atoms with van der Waals surface area (Å²) in [4.78, 5) is 14.1.